The molecule has 7 heteroatoms. The van der Waals surface area contributed by atoms with E-state index < -0.39 is 11.4 Å². The van der Waals surface area contributed by atoms with Gasteiger partial charge in [-0.15, -0.1) is 11.3 Å². The molecule has 22 heavy (non-hydrogen) atoms. The van der Waals surface area contributed by atoms with Crippen molar-refractivity contribution in [2.45, 2.75) is 41.5 Å². The van der Waals surface area contributed by atoms with Gasteiger partial charge < -0.3 is 15.4 Å². The molecule has 0 unspecified atom stereocenters. The summed E-state index contributed by atoms with van der Waals surface area (Å²) in [5, 5.41) is 6.33. The molecule has 0 radical (unpaired) electrons. The molecule has 0 saturated carbocycles. The number of anilines is 1. The van der Waals surface area contributed by atoms with Gasteiger partial charge in [0.1, 0.15) is 5.00 Å². The fourth-order valence-corrected chi connectivity index (χ4v) is 2.90. The molecule has 0 aromatic carbocycles. The molecule has 0 saturated heterocycles. The van der Waals surface area contributed by atoms with Crippen molar-refractivity contribution in [2.75, 3.05) is 11.9 Å². The molecule has 0 fully saturated rings. The van der Waals surface area contributed by atoms with Crippen LogP contribution < -0.4 is 10.6 Å². The number of hydrogen-bond donors (Lipinski definition) is 2. The van der Waals surface area contributed by atoms with Crippen LogP contribution in [0.3, 0.4) is 0 Å². The molecule has 2 N–H and O–H groups in total. The molecule has 122 valence electrons. The smallest absolute Gasteiger partial charge is 0.341 e. The van der Waals surface area contributed by atoms with E-state index in [1.54, 1.807) is 27.7 Å². The lowest BCUT2D eigenvalue weighted by atomic mass is 9.96. The second-order valence-electron chi connectivity index (χ2n) is 5.87. The lowest BCUT2D eigenvalue weighted by molar-refractivity contribution is -0.126. The fraction of sp³-hybridized carbons (Fsp3) is 0.533. The normalized spacial score (nSPS) is 11.0. The summed E-state index contributed by atoms with van der Waals surface area (Å²) in [6, 6.07) is 0. The monoisotopic (exact) mass is 342 g/mol. The Balaban J connectivity index is 2.94. The van der Waals surface area contributed by atoms with E-state index in [1.807, 2.05) is 13.8 Å². The summed E-state index contributed by atoms with van der Waals surface area (Å²) < 4.78 is 5.08. The van der Waals surface area contributed by atoms with Crippen LogP contribution in [-0.4, -0.2) is 23.6 Å². The van der Waals surface area contributed by atoms with Gasteiger partial charge in [0.15, 0.2) is 5.11 Å². The van der Waals surface area contributed by atoms with E-state index in [0.717, 1.165) is 10.4 Å². The third-order valence-electron chi connectivity index (χ3n) is 3.00. The second kappa shape index (κ2) is 7.19. The van der Waals surface area contributed by atoms with Gasteiger partial charge in [-0.25, -0.2) is 4.79 Å². The van der Waals surface area contributed by atoms with E-state index in [0.29, 0.717) is 17.2 Å². The molecule has 0 aliphatic rings. The lowest BCUT2D eigenvalue weighted by Gasteiger charge is -2.18. The first kappa shape index (κ1) is 18.6. The van der Waals surface area contributed by atoms with E-state index in [2.05, 4.69) is 10.6 Å². The van der Waals surface area contributed by atoms with Crippen LogP contribution in [0.5, 0.6) is 0 Å². The highest BCUT2D eigenvalue weighted by Crippen LogP contribution is 2.33. The van der Waals surface area contributed by atoms with E-state index in [-0.39, 0.29) is 11.0 Å². The highest BCUT2D eigenvalue weighted by molar-refractivity contribution is 7.80. The minimum atomic E-state index is -0.545. The lowest BCUT2D eigenvalue weighted by Crippen LogP contribution is -2.41. The molecule has 0 bridgehead atoms. The Kier molecular flexibility index (Phi) is 6.08. The molecule has 1 amide bonds. The molecule has 1 rings (SSSR count). The second-order valence-corrected chi connectivity index (χ2v) is 7.50. The van der Waals surface area contributed by atoms with Crippen molar-refractivity contribution in [1.29, 1.82) is 0 Å². The Morgan fingerprint density at radius 1 is 1.27 bits per heavy atom. The number of carbonyl (C=O) groups excluding carboxylic acids is 2. The first-order valence-corrected chi connectivity index (χ1v) is 8.20. The molecular weight excluding hydrogens is 320 g/mol. The zero-order chi connectivity index (χ0) is 17.1. The number of hydrogen-bond acceptors (Lipinski definition) is 5. The van der Waals surface area contributed by atoms with Gasteiger partial charge in [-0.2, -0.15) is 0 Å². The number of nitrogens with one attached hydrogen (secondary N) is 2. The van der Waals surface area contributed by atoms with Crippen molar-refractivity contribution < 1.29 is 14.3 Å². The summed E-state index contributed by atoms with van der Waals surface area (Å²) in [7, 11) is 0. The van der Waals surface area contributed by atoms with Crippen LogP contribution in [0, 0.1) is 19.3 Å². The number of thiocarbonyl (C=S) groups is 1. The van der Waals surface area contributed by atoms with Gasteiger partial charge in [-0.1, -0.05) is 20.8 Å². The molecule has 0 aliphatic heterocycles. The maximum Gasteiger partial charge on any atom is 0.341 e. The summed E-state index contributed by atoms with van der Waals surface area (Å²) in [5.74, 6) is -0.579. The van der Waals surface area contributed by atoms with Crippen molar-refractivity contribution in [1.82, 2.24) is 5.32 Å². The van der Waals surface area contributed by atoms with E-state index in [1.165, 1.54) is 11.3 Å². The standard InChI is InChI=1S/C15H22N2O3S2/c1-7-20-12(18)10-8(2)9(3)22-11(10)16-14(21)17-13(19)15(4,5)6/h7H2,1-6H3,(H2,16,17,19,21). The van der Waals surface area contributed by atoms with E-state index in [9.17, 15) is 9.59 Å². The highest BCUT2D eigenvalue weighted by atomic mass is 32.1. The Morgan fingerprint density at radius 2 is 1.86 bits per heavy atom. The number of aryl methyl sites for hydroxylation is 1. The number of ether oxygens (including phenoxy) is 1. The van der Waals surface area contributed by atoms with E-state index in [4.69, 9.17) is 17.0 Å². The topological polar surface area (TPSA) is 67.4 Å². The zero-order valence-corrected chi connectivity index (χ0v) is 15.4. The van der Waals surface area contributed by atoms with Crippen LogP contribution in [-0.2, 0) is 9.53 Å². The van der Waals surface area contributed by atoms with Gasteiger partial charge in [-0.3, -0.25) is 4.79 Å². The quantitative estimate of drug-likeness (QED) is 0.651. The Bertz CT molecular complexity index is 601. The van der Waals surface area contributed by atoms with Crippen LogP contribution in [0.25, 0.3) is 0 Å². The SMILES string of the molecule is CCOC(=O)c1c(NC(=S)NC(=O)C(C)(C)C)sc(C)c1C. The summed E-state index contributed by atoms with van der Waals surface area (Å²) >= 11 is 6.56. The first-order valence-electron chi connectivity index (χ1n) is 6.97. The number of thiophene rings is 1. The van der Waals surface area contributed by atoms with Gasteiger partial charge in [0.2, 0.25) is 5.91 Å². The van der Waals surface area contributed by atoms with Gasteiger partial charge in [0.25, 0.3) is 0 Å². The van der Waals surface area contributed by atoms with Crippen molar-refractivity contribution in [2.24, 2.45) is 5.41 Å². The van der Waals surface area contributed by atoms with Crippen molar-refractivity contribution in [3.63, 3.8) is 0 Å². The van der Waals surface area contributed by atoms with Gasteiger partial charge in [0, 0.05) is 10.3 Å². The fourth-order valence-electron chi connectivity index (χ4n) is 1.59. The Hall–Kier alpha value is -1.47. The molecule has 1 aromatic heterocycles. The number of rotatable bonds is 3. The maximum absolute atomic E-state index is 12.1. The van der Waals surface area contributed by atoms with Crippen LogP contribution in [0.15, 0.2) is 0 Å². The maximum atomic E-state index is 12.1. The molecule has 0 atom stereocenters. The largest absolute Gasteiger partial charge is 0.462 e. The molecule has 0 aliphatic carbocycles. The van der Waals surface area contributed by atoms with Crippen LogP contribution in [0.2, 0.25) is 0 Å². The first-order chi connectivity index (χ1) is 10.1. The van der Waals surface area contributed by atoms with Crippen LogP contribution >= 0.6 is 23.6 Å². The minimum Gasteiger partial charge on any atom is -0.462 e. The van der Waals surface area contributed by atoms with Gasteiger partial charge in [0.05, 0.1) is 12.2 Å². The van der Waals surface area contributed by atoms with Crippen molar-refractivity contribution >= 4 is 45.5 Å². The van der Waals surface area contributed by atoms with Crippen LogP contribution in [0.4, 0.5) is 5.00 Å². The average Bonchev–Trinajstić information content (AvgIpc) is 2.63. The molecular formula is C15H22N2O3S2. The predicted octanol–water partition coefficient (Wildman–Crippen LogP) is 3.40. The molecule has 5 nitrogen and oxygen atoms in total. The molecule has 0 spiro atoms. The molecule has 1 aromatic rings. The molecule has 1 heterocycles. The number of esters is 1. The van der Waals surface area contributed by atoms with Crippen molar-refractivity contribution in [3.05, 3.63) is 16.0 Å². The average molecular weight is 342 g/mol. The zero-order valence-electron chi connectivity index (χ0n) is 13.7. The third-order valence-corrected chi connectivity index (χ3v) is 4.33. The Labute approximate surface area is 140 Å². The number of amides is 1. The summed E-state index contributed by atoms with van der Waals surface area (Å²) in [6.45, 7) is 11.2. The summed E-state index contributed by atoms with van der Waals surface area (Å²) in [6.07, 6.45) is 0. The summed E-state index contributed by atoms with van der Waals surface area (Å²) in [5.41, 5.74) is 0.782. The minimum absolute atomic E-state index is 0.173. The number of carbonyl (C=O) groups is 2. The third kappa shape index (κ3) is 4.51. The highest BCUT2D eigenvalue weighted by Gasteiger charge is 2.24. The summed E-state index contributed by atoms with van der Waals surface area (Å²) in [4.78, 5) is 25.0. The van der Waals surface area contributed by atoms with Crippen LogP contribution in [0.1, 0.15) is 48.5 Å². The van der Waals surface area contributed by atoms with E-state index >= 15 is 0 Å². The Morgan fingerprint density at radius 3 is 2.36 bits per heavy atom. The van der Waals surface area contributed by atoms with Crippen molar-refractivity contribution in [3.8, 4) is 0 Å². The van der Waals surface area contributed by atoms with Gasteiger partial charge in [-0.05, 0) is 38.6 Å². The van der Waals surface area contributed by atoms with Gasteiger partial charge >= 0.3 is 5.97 Å². The predicted molar refractivity (Wildman–Crippen MR) is 93.6 cm³/mol.